The summed E-state index contributed by atoms with van der Waals surface area (Å²) in [5.74, 6) is 0. The van der Waals surface area contributed by atoms with Crippen molar-refractivity contribution in [3.63, 3.8) is 0 Å². The first-order valence-corrected chi connectivity index (χ1v) is 5.46. The highest BCUT2D eigenvalue weighted by molar-refractivity contribution is 5.82. The Morgan fingerprint density at radius 3 is 2.64 bits per heavy atom. The molecule has 1 aromatic carbocycles. The van der Waals surface area contributed by atoms with Crippen LogP contribution in [-0.2, 0) is 6.42 Å². The Labute approximate surface area is 86.1 Å². The van der Waals surface area contributed by atoms with Crippen molar-refractivity contribution in [1.82, 2.24) is 0 Å². The van der Waals surface area contributed by atoms with Crippen molar-refractivity contribution >= 4 is 5.71 Å². The lowest BCUT2D eigenvalue weighted by molar-refractivity contribution is -0.504. The Kier molecular flexibility index (Phi) is 2.97. The van der Waals surface area contributed by atoms with Gasteiger partial charge in [0.05, 0.1) is 6.42 Å². The summed E-state index contributed by atoms with van der Waals surface area (Å²) in [4.78, 5) is 0. The van der Waals surface area contributed by atoms with Crippen LogP contribution in [0, 0.1) is 0 Å². The molecule has 0 amide bonds. The Bertz CT molecular complexity index is 324. The van der Waals surface area contributed by atoms with E-state index in [1.807, 2.05) is 0 Å². The normalized spacial score (nSPS) is 17.2. The highest BCUT2D eigenvalue weighted by atomic mass is 15.0. The SMILES string of the molecule is C[N+]1=C(Cc2ccccc2)CCCC1. The third-order valence-corrected chi connectivity index (χ3v) is 3.00. The van der Waals surface area contributed by atoms with E-state index in [4.69, 9.17) is 0 Å². The zero-order chi connectivity index (χ0) is 9.80. The molecule has 0 bridgehead atoms. The van der Waals surface area contributed by atoms with Crippen LogP contribution < -0.4 is 0 Å². The molecule has 0 unspecified atom stereocenters. The van der Waals surface area contributed by atoms with Crippen molar-refractivity contribution in [2.24, 2.45) is 0 Å². The zero-order valence-corrected chi connectivity index (χ0v) is 8.87. The van der Waals surface area contributed by atoms with E-state index in [0.29, 0.717) is 0 Å². The Morgan fingerprint density at radius 1 is 1.14 bits per heavy atom. The standard InChI is InChI=1S/C13H18N/c1-14-10-6-5-9-13(14)11-12-7-3-2-4-8-12/h2-4,7-8H,5-6,9-11H2,1H3/q+1. The maximum Gasteiger partial charge on any atom is 0.156 e. The van der Waals surface area contributed by atoms with E-state index in [1.165, 1.54) is 31.4 Å². The van der Waals surface area contributed by atoms with Crippen molar-refractivity contribution in [2.45, 2.75) is 25.7 Å². The van der Waals surface area contributed by atoms with E-state index < -0.39 is 0 Å². The highest BCUT2D eigenvalue weighted by Gasteiger charge is 2.15. The van der Waals surface area contributed by atoms with Gasteiger partial charge in [0.25, 0.3) is 0 Å². The van der Waals surface area contributed by atoms with Gasteiger partial charge in [-0.2, -0.15) is 0 Å². The fraction of sp³-hybridized carbons (Fsp3) is 0.462. The first-order chi connectivity index (χ1) is 6.86. The van der Waals surface area contributed by atoms with Gasteiger partial charge in [-0.15, -0.1) is 0 Å². The van der Waals surface area contributed by atoms with Crippen LogP contribution in [0.5, 0.6) is 0 Å². The maximum atomic E-state index is 2.43. The predicted octanol–water partition coefficient (Wildman–Crippen LogP) is 2.50. The van der Waals surface area contributed by atoms with Gasteiger partial charge in [0, 0.05) is 12.8 Å². The zero-order valence-electron chi connectivity index (χ0n) is 8.87. The topological polar surface area (TPSA) is 3.01 Å². The number of rotatable bonds is 2. The molecule has 1 aliphatic heterocycles. The fourth-order valence-electron chi connectivity index (χ4n) is 2.08. The van der Waals surface area contributed by atoms with E-state index in [0.717, 1.165) is 6.42 Å². The molecule has 0 N–H and O–H groups in total. The van der Waals surface area contributed by atoms with Crippen LogP contribution in [0.15, 0.2) is 30.3 Å². The van der Waals surface area contributed by atoms with E-state index in [2.05, 4.69) is 42.0 Å². The van der Waals surface area contributed by atoms with E-state index in [-0.39, 0.29) is 0 Å². The van der Waals surface area contributed by atoms with Crippen LogP contribution >= 0.6 is 0 Å². The number of hydrogen-bond donors (Lipinski definition) is 0. The van der Waals surface area contributed by atoms with Gasteiger partial charge >= 0.3 is 0 Å². The summed E-state index contributed by atoms with van der Waals surface area (Å²) >= 11 is 0. The molecule has 0 radical (unpaired) electrons. The molecule has 74 valence electrons. The lowest BCUT2D eigenvalue weighted by atomic mass is 10.0. The van der Waals surface area contributed by atoms with E-state index >= 15 is 0 Å². The molecule has 1 aromatic rings. The predicted molar refractivity (Wildman–Crippen MR) is 60.1 cm³/mol. The second-order valence-corrected chi connectivity index (χ2v) is 4.11. The molecule has 0 saturated heterocycles. The highest BCUT2D eigenvalue weighted by Crippen LogP contribution is 2.10. The molecule has 0 aromatic heterocycles. The van der Waals surface area contributed by atoms with Crippen molar-refractivity contribution < 1.29 is 4.58 Å². The molecular weight excluding hydrogens is 170 g/mol. The molecule has 0 fully saturated rings. The van der Waals surface area contributed by atoms with Crippen molar-refractivity contribution in [3.05, 3.63) is 35.9 Å². The van der Waals surface area contributed by atoms with Gasteiger partial charge in [-0.05, 0) is 12.0 Å². The lowest BCUT2D eigenvalue weighted by Crippen LogP contribution is -2.24. The summed E-state index contributed by atoms with van der Waals surface area (Å²) in [6.07, 6.45) is 5.14. The molecule has 1 nitrogen and oxygen atoms in total. The number of nitrogens with zero attached hydrogens (tertiary/aromatic N) is 1. The summed E-state index contributed by atoms with van der Waals surface area (Å²) in [5.41, 5.74) is 3.04. The molecule has 1 heteroatoms. The Morgan fingerprint density at radius 2 is 1.93 bits per heavy atom. The molecule has 0 aliphatic carbocycles. The first kappa shape index (κ1) is 9.45. The molecule has 0 spiro atoms. The summed E-state index contributed by atoms with van der Waals surface area (Å²) in [6, 6.07) is 10.8. The van der Waals surface area contributed by atoms with Crippen LogP contribution in [-0.4, -0.2) is 23.9 Å². The second kappa shape index (κ2) is 4.41. The fourth-order valence-corrected chi connectivity index (χ4v) is 2.08. The van der Waals surface area contributed by atoms with Gasteiger partial charge < -0.3 is 0 Å². The molecule has 0 atom stereocenters. The molecule has 2 rings (SSSR count). The molecule has 1 heterocycles. The molecule has 14 heavy (non-hydrogen) atoms. The van der Waals surface area contributed by atoms with Crippen LogP contribution in [0.3, 0.4) is 0 Å². The van der Waals surface area contributed by atoms with E-state index in [9.17, 15) is 0 Å². The van der Waals surface area contributed by atoms with Crippen LogP contribution in [0.25, 0.3) is 0 Å². The summed E-state index contributed by atoms with van der Waals surface area (Å²) in [5, 5.41) is 0. The molecule has 1 aliphatic rings. The molecule has 0 saturated carbocycles. The number of benzene rings is 1. The summed E-state index contributed by atoms with van der Waals surface area (Å²) in [7, 11) is 2.22. The average Bonchev–Trinajstić information content (AvgIpc) is 2.23. The first-order valence-electron chi connectivity index (χ1n) is 5.46. The molecular formula is C13H18N+. The number of hydrogen-bond acceptors (Lipinski definition) is 0. The third kappa shape index (κ3) is 2.22. The maximum absolute atomic E-state index is 2.43. The minimum Gasteiger partial charge on any atom is -0.239 e. The van der Waals surface area contributed by atoms with Gasteiger partial charge in [0.2, 0.25) is 0 Å². The minimum absolute atomic E-state index is 1.14. The summed E-state index contributed by atoms with van der Waals surface area (Å²) in [6.45, 7) is 1.24. The van der Waals surface area contributed by atoms with Crippen molar-refractivity contribution in [1.29, 1.82) is 0 Å². The van der Waals surface area contributed by atoms with Gasteiger partial charge in [0.1, 0.15) is 13.6 Å². The smallest absolute Gasteiger partial charge is 0.156 e. The van der Waals surface area contributed by atoms with Crippen LogP contribution in [0.4, 0.5) is 0 Å². The lowest BCUT2D eigenvalue weighted by Gasteiger charge is -2.11. The largest absolute Gasteiger partial charge is 0.239 e. The van der Waals surface area contributed by atoms with E-state index in [1.54, 1.807) is 5.71 Å². The Balaban J connectivity index is 2.10. The summed E-state index contributed by atoms with van der Waals surface area (Å²) < 4.78 is 2.43. The van der Waals surface area contributed by atoms with Crippen molar-refractivity contribution in [2.75, 3.05) is 13.6 Å². The monoisotopic (exact) mass is 188 g/mol. The Hall–Kier alpha value is -1.11. The van der Waals surface area contributed by atoms with Crippen molar-refractivity contribution in [3.8, 4) is 0 Å². The van der Waals surface area contributed by atoms with Gasteiger partial charge in [-0.25, -0.2) is 4.58 Å². The average molecular weight is 188 g/mol. The van der Waals surface area contributed by atoms with Gasteiger partial charge in [-0.3, -0.25) is 0 Å². The minimum atomic E-state index is 1.14. The quantitative estimate of drug-likeness (QED) is 0.627. The van der Waals surface area contributed by atoms with Gasteiger partial charge in [0.15, 0.2) is 5.71 Å². The van der Waals surface area contributed by atoms with Crippen LogP contribution in [0.1, 0.15) is 24.8 Å². The van der Waals surface area contributed by atoms with Gasteiger partial charge in [-0.1, -0.05) is 30.3 Å². The second-order valence-electron chi connectivity index (χ2n) is 4.11. The third-order valence-electron chi connectivity index (χ3n) is 3.00. The van der Waals surface area contributed by atoms with Crippen LogP contribution in [0.2, 0.25) is 0 Å².